The molecule has 54 heavy (non-hydrogen) atoms. The molecule has 4 aliphatic carbocycles. The van der Waals surface area contributed by atoms with Crippen LogP contribution in [0.4, 0.5) is 17.1 Å². The normalized spacial score (nSPS) is 21.4. The Bertz CT molecular complexity index is 2260. The second-order valence-corrected chi connectivity index (χ2v) is 17.6. The summed E-state index contributed by atoms with van der Waals surface area (Å²) in [7, 11) is 0. The van der Waals surface area contributed by atoms with Gasteiger partial charge in [-0.3, -0.25) is 0 Å². The average Bonchev–Trinajstić information content (AvgIpc) is 3.69. The molecular weight excluding hydrogens is 651 g/mol. The van der Waals surface area contributed by atoms with Crippen LogP contribution in [0, 0.1) is 11.8 Å². The summed E-state index contributed by atoms with van der Waals surface area (Å²) >= 11 is 0. The first-order chi connectivity index (χ1) is 26.5. The first-order valence-electron chi connectivity index (χ1n) is 20.9. The van der Waals surface area contributed by atoms with Gasteiger partial charge in [-0.2, -0.15) is 0 Å². The van der Waals surface area contributed by atoms with Gasteiger partial charge in [-0.1, -0.05) is 149 Å². The summed E-state index contributed by atoms with van der Waals surface area (Å²) in [5.41, 5.74) is 17.3. The van der Waals surface area contributed by atoms with Gasteiger partial charge < -0.3 is 4.90 Å². The summed E-state index contributed by atoms with van der Waals surface area (Å²) in [6.07, 6.45) is 13.9. The molecule has 1 heteroatoms. The van der Waals surface area contributed by atoms with Crippen molar-refractivity contribution in [3.8, 4) is 33.4 Å². The minimum atomic E-state index is -0.179. The predicted octanol–water partition coefficient (Wildman–Crippen LogP) is 15.1. The number of benzene rings is 6. The van der Waals surface area contributed by atoms with Crippen LogP contribution in [0.3, 0.4) is 0 Å². The highest BCUT2D eigenvalue weighted by Gasteiger charge is 2.39. The van der Waals surface area contributed by atoms with Crippen LogP contribution in [0.2, 0.25) is 0 Å². The molecule has 270 valence electrons. The quantitative estimate of drug-likeness (QED) is 0.160. The third-order valence-corrected chi connectivity index (χ3v) is 14.0. The molecule has 1 nitrogen and oxygen atoms in total. The lowest BCUT2D eigenvalue weighted by Gasteiger charge is -2.30. The van der Waals surface area contributed by atoms with E-state index >= 15 is 0 Å². The maximum absolute atomic E-state index is 2.52. The molecule has 0 aromatic heterocycles. The molecule has 4 aliphatic rings. The molecule has 10 rings (SSSR count). The smallest absolute Gasteiger partial charge is 0.0465 e. The Labute approximate surface area is 323 Å². The van der Waals surface area contributed by atoms with Gasteiger partial charge in [0.25, 0.3) is 0 Å². The second-order valence-electron chi connectivity index (χ2n) is 17.6. The molecule has 0 aliphatic heterocycles. The van der Waals surface area contributed by atoms with Crippen molar-refractivity contribution in [2.75, 3.05) is 4.90 Å². The van der Waals surface area contributed by atoms with Gasteiger partial charge in [0, 0.05) is 22.5 Å². The van der Waals surface area contributed by atoms with Crippen molar-refractivity contribution in [1.82, 2.24) is 0 Å². The predicted molar refractivity (Wildman–Crippen MR) is 228 cm³/mol. The molecular formula is C53H53N. The molecule has 6 aromatic carbocycles. The van der Waals surface area contributed by atoms with Crippen molar-refractivity contribution in [3.63, 3.8) is 0 Å². The van der Waals surface area contributed by atoms with Gasteiger partial charge in [0.2, 0.25) is 0 Å². The van der Waals surface area contributed by atoms with Crippen LogP contribution in [-0.4, -0.2) is 0 Å². The van der Waals surface area contributed by atoms with Gasteiger partial charge in [0.05, 0.1) is 0 Å². The Hall–Kier alpha value is -4.88. The molecule has 2 bridgehead atoms. The molecule has 2 atom stereocenters. The molecule has 3 fully saturated rings. The van der Waals surface area contributed by atoms with E-state index in [4.69, 9.17) is 0 Å². The van der Waals surface area contributed by atoms with Crippen LogP contribution >= 0.6 is 0 Å². The van der Waals surface area contributed by atoms with Crippen molar-refractivity contribution in [2.24, 2.45) is 11.8 Å². The summed E-state index contributed by atoms with van der Waals surface area (Å²) in [5.74, 6) is 3.30. The van der Waals surface area contributed by atoms with E-state index < -0.39 is 0 Å². The fourth-order valence-electron chi connectivity index (χ4n) is 11.3. The van der Waals surface area contributed by atoms with Crippen molar-refractivity contribution in [2.45, 2.75) is 95.3 Å². The molecule has 0 N–H and O–H groups in total. The molecule has 0 heterocycles. The Balaban J connectivity index is 1.05. The number of anilines is 3. The van der Waals surface area contributed by atoms with E-state index in [0.717, 1.165) is 11.8 Å². The fourth-order valence-corrected chi connectivity index (χ4v) is 11.3. The number of rotatable bonds is 7. The molecule has 6 aromatic rings. The van der Waals surface area contributed by atoms with Crippen molar-refractivity contribution >= 4 is 17.1 Å². The number of nitrogens with zero attached hydrogens (tertiary/aromatic N) is 1. The van der Waals surface area contributed by atoms with Gasteiger partial charge in [-0.25, -0.2) is 0 Å². The fraction of sp³-hybridized carbons (Fsp3) is 0.321. The van der Waals surface area contributed by atoms with Gasteiger partial charge in [-0.15, -0.1) is 0 Å². The molecule has 0 amide bonds. The Morgan fingerprint density at radius 3 is 1.67 bits per heavy atom. The lowest BCUT2D eigenvalue weighted by Crippen LogP contribution is -2.18. The van der Waals surface area contributed by atoms with E-state index in [0.29, 0.717) is 11.8 Å². The topological polar surface area (TPSA) is 3.24 Å². The van der Waals surface area contributed by atoms with Gasteiger partial charge in [0.15, 0.2) is 0 Å². The van der Waals surface area contributed by atoms with Crippen LogP contribution in [-0.2, 0) is 5.41 Å². The van der Waals surface area contributed by atoms with Crippen LogP contribution in [0.25, 0.3) is 33.4 Å². The van der Waals surface area contributed by atoms with E-state index in [1.54, 1.807) is 0 Å². The standard InChI is InChI=1S/C53H53N/c1-53(2)51-35-45(30-31-48(51)50-19-11-18-49(52(50)53)47-17-10-9-16-46(47)41-14-7-4-8-15-41)54(43-26-22-39(23-27-43)38-12-5-3-6-13-38)44-28-24-40(25-29-44)42-33-36-20-21-37(32-36)34-42/h4,7-11,14-19,22-31,35-38,42H,3,5-6,12-13,20-21,32-34H2,1-2H3. The van der Waals surface area contributed by atoms with E-state index in [1.807, 2.05) is 0 Å². The summed E-state index contributed by atoms with van der Waals surface area (Å²) < 4.78 is 0. The molecule has 0 spiro atoms. The van der Waals surface area contributed by atoms with Gasteiger partial charge >= 0.3 is 0 Å². The first kappa shape index (κ1) is 33.7. The molecule has 3 saturated carbocycles. The van der Waals surface area contributed by atoms with E-state index in [-0.39, 0.29) is 5.41 Å². The largest absolute Gasteiger partial charge is 0.310 e. The second kappa shape index (κ2) is 13.8. The van der Waals surface area contributed by atoms with Crippen LogP contribution < -0.4 is 4.90 Å². The van der Waals surface area contributed by atoms with Gasteiger partial charge in [-0.05, 0) is 148 Å². The zero-order valence-electron chi connectivity index (χ0n) is 32.1. The van der Waals surface area contributed by atoms with Gasteiger partial charge in [0.1, 0.15) is 0 Å². The van der Waals surface area contributed by atoms with E-state index in [9.17, 15) is 0 Å². The molecule has 0 radical (unpaired) electrons. The van der Waals surface area contributed by atoms with Crippen LogP contribution in [0.5, 0.6) is 0 Å². The average molecular weight is 704 g/mol. The van der Waals surface area contributed by atoms with Crippen molar-refractivity contribution < 1.29 is 0 Å². The van der Waals surface area contributed by atoms with E-state index in [1.165, 1.54) is 137 Å². The first-order valence-corrected chi connectivity index (χ1v) is 20.9. The third-order valence-electron chi connectivity index (χ3n) is 14.0. The number of hydrogen-bond donors (Lipinski definition) is 0. The minimum absolute atomic E-state index is 0.179. The minimum Gasteiger partial charge on any atom is -0.310 e. The maximum Gasteiger partial charge on any atom is 0.0465 e. The lowest BCUT2D eigenvalue weighted by molar-refractivity contribution is 0.319. The lowest BCUT2D eigenvalue weighted by atomic mass is 9.77. The summed E-state index contributed by atoms with van der Waals surface area (Å²) in [6, 6.07) is 53.4. The maximum atomic E-state index is 2.52. The highest BCUT2D eigenvalue weighted by Crippen LogP contribution is 2.55. The zero-order valence-corrected chi connectivity index (χ0v) is 32.1. The summed E-state index contributed by atoms with van der Waals surface area (Å²) in [5, 5.41) is 0. The SMILES string of the molecule is CC1(C)c2cc(N(c3ccc(C4CCCCC4)cc3)c3ccc(C4CC5CCC(C5)C4)cc3)ccc2-c2cccc(-c3ccccc3-c3ccccc3)c21. The van der Waals surface area contributed by atoms with E-state index in [2.05, 4.69) is 158 Å². The number of hydrogen-bond acceptors (Lipinski definition) is 1. The highest BCUT2D eigenvalue weighted by atomic mass is 15.1. The summed E-state index contributed by atoms with van der Waals surface area (Å²) in [4.78, 5) is 2.52. The monoisotopic (exact) mass is 703 g/mol. The third kappa shape index (κ3) is 5.92. The van der Waals surface area contributed by atoms with Crippen LogP contribution in [0.1, 0.15) is 112 Å². The zero-order chi connectivity index (χ0) is 36.2. The van der Waals surface area contributed by atoms with Crippen molar-refractivity contribution in [3.05, 3.63) is 162 Å². The molecule has 0 saturated heterocycles. The molecule has 2 unspecified atom stereocenters. The number of fused-ring (bicyclic) bond motifs is 5. The van der Waals surface area contributed by atoms with Crippen LogP contribution in [0.15, 0.2) is 140 Å². The Morgan fingerprint density at radius 2 is 1.00 bits per heavy atom. The van der Waals surface area contributed by atoms with Crippen molar-refractivity contribution in [1.29, 1.82) is 0 Å². The summed E-state index contributed by atoms with van der Waals surface area (Å²) in [6.45, 7) is 4.87. The highest BCUT2D eigenvalue weighted by molar-refractivity contribution is 5.94. The Morgan fingerprint density at radius 1 is 0.444 bits per heavy atom. The Kier molecular flexibility index (Phi) is 8.58.